The summed E-state index contributed by atoms with van der Waals surface area (Å²) in [6.45, 7) is 14.7. The molecule has 0 rings (SSSR count). The van der Waals surface area contributed by atoms with E-state index in [0.29, 0.717) is 6.04 Å². The van der Waals surface area contributed by atoms with Crippen LogP contribution in [-0.2, 0) is 0 Å². The Labute approximate surface area is 127 Å². The van der Waals surface area contributed by atoms with Crippen LogP contribution in [0.15, 0.2) is 0 Å². The molecular weight excluding hydrogens is 248 g/mol. The summed E-state index contributed by atoms with van der Waals surface area (Å²) < 4.78 is 0. The molecule has 0 saturated heterocycles. The average Bonchev–Trinajstić information content (AvgIpc) is 2.47. The standard InChI is InChI=1S/C17H38N2O/c1-6-9-13-19(16(4)8-3)14-10-11-17(5,15-20)18-12-7-2/h16,18,20H,6-15H2,1-5H3. The van der Waals surface area contributed by atoms with E-state index in [4.69, 9.17) is 0 Å². The highest BCUT2D eigenvalue weighted by atomic mass is 16.3. The van der Waals surface area contributed by atoms with E-state index in [2.05, 4.69) is 44.8 Å². The molecule has 0 aliphatic rings. The minimum absolute atomic E-state index is 0.109. The van der Waals surface area contributed by atoms with E-state index >= 15 is 0 Å². The van der Waals surface area contributed by atoms with Crippen LogP contribution in [0.25, 0.3) is 0 Å². The molecule has 3 heteroatoms. The minimum atomic E-state index is -0.109. The molecule has 3 nitrogen and oxygen atoms in total. The smallest absolute Gasteiger partial charge is 0.0610 e. The van der Waals surface area contributed by atoms with Crippen molar-refractivity contribution in [1.82, 2.24) is 10.2 Å². The quantitative estimate of drug-likeness (QED) is 0.544. The van der Waals surface area contributed by atoms with Crippen LogP contribution >= 0.6 is 0 Å². The minimum Gasteiger partial charge on any atom is -0.394 e. The van der Waals surface area contributed by atoms with Gasteiger partial charge in [0.05, 0.1) is 6.61 Å². The Bertz CT molecular complexity index is 223. The predicted octanol–water partition coefficient (Wildman–Crippen LogP) is 3.42. The van der Waals surface area contributed by atoms with Gasteiger partial charge in [-0.1, -0.05) is 27.2 Å². The van der Waals surface area contributed by atoms with Gasteiger partial charge in [0, 0.05) is 11.6 Å². The third-order valence-corrected chi connectivity index (χ3v) is 4.34. The average molecular weight is 287 g/mol. The maximum absolute atomic E-state index is 9.60. The summed E-state index contributed by atoms with van der Waals surface area (Å²) in [5, 5.41) is 13.1. The van der Waals surface area contributed by atoms with E-state index in [0.717, 1.165) is 32.4 Å². The molecule has 0 radical (unpaired) electrons. The second-order valence-corrected chi connectivity index (χ2v) is 6.40. The second-order valence-electron chi connectivity index (χ2n) is 6.40. The molecule has 0 fully saturated rings. The van der Waals surface area contributed by atoms with Crippen molar-refractivity contribution in [2.45, 2.75) is 84.7 Å². The van der Waals surface area contributed by atoms with Gasteiger partial charge in [0.25, 0.3) is 0 Å². The SMILES string of the molecule is CCCCN(CCCC(C)(CO)NCCC)C(C)CC. The van der Waals surface area contributed by atoms with Crippen molar-refractivity contribution in [2.24, 2.45) is 0 Å². The lowest BCUT2D eigenvalue weighted by molar-refractivity contribution is 0.147. The summed E-state index contributed by atoms with van der Waals surface area (Å²) in [5.41, 5.74) is -0.109. The van der Waals surface area contributed by atoms with Crippen molar-refractivity contribution in [3.8, 4) is 0 Å². The Morgan fingerprint density at radius 2 is 1.75 bits per heavy atom. The van der Waals surface area contributed by atoms with E-state index in [1.807, 2.05) is 0 Å². The van der Waals surface area contributed by atoms with Gasteiger partial charge in [0.1, 0.15) is 0 Å². The van der Waals surface area contributed by atoms with Crippen LogP contribution in [0.2, 0.25) is 0 Å². The van der Waals surface area contributed by atoms with Gasteiger partial charge in [-0.2, -0.15) is 0 Å². The van der Waals surface area contributed by atoms with Crippen LogP contribution in [0.5, 0.6) is 0 Å². The first-order valence-corrected chi connectivity index (χ1v) is 8.62. The van der Waals surface area contributed by atoms with Gasteiger partial charge in [-0.25, -0.2) is 0 Å². The zero-order valence-corrected chi connectivity index (χ0v) is 14.5. The van der Waals surface area contributed by atoms with E-state index in [1.165, 1.54) is 25.8 Å². The second kappa shape index (κ2) is 11.5. The van der Waals surface area contributed by atoms with Gasteiger partial charge in [-0.05, 0) is 65.6 Å². The van der Waals surface area contributed by atoms with Gasteiger partial charge in [0.2, 0.25) is 0 Å². The molecule has 0 aromatic rings. The van der Waals surface area contributed by atoms with Gasteiger partial charge in [-0.3, -0.25) is 0 Å². The molecule has 0 aliphatic carbocycles. The number of rotatable bonds is 13. The van der Waals surface area contributed by atoms with Gasteiger partial charge in [-0.15, -0.1) is 0 Å². The summed E-state index contributed by atoms with van der Waals surface area (Å²) in [5.74, 6) is 0. The molecular formula is C17H38N2O. The lowest BCUT2D eigenvalue weighted by atomic mass is 9.96. The van der Waals surface area contributed by atoms with E-state index in [9.17, 15) is 5.11 Å². The first-order valence-electron chi connectivity index (χ1n) is 8.62. The van der Waals surface area contributed by atoms with Crippen molar-refractivity contribution in [3.05, 3.63) is 0 Å². The third-order valence-electron chi connectivity index (χ3n) is 4.34. The molecule has 0 aliphatic heterocycles. The Morgan fingerprint density at radius 1 is 1.10 bits per heavy atom. The molecule has 20 heavy (non-hydrogen) atoms. The topological polar surface area (TPSA) is 35.5 Å². The fraction of sp³-hybridized carbons (Fsp3) is 1.00. The summed E-state index contributed by atoms with van der Waals surface area (Å²) in [6.07, 6.45) is 7.08. The van der Waals surface area contributed by atoms with Crippen LogP contribution in [0.1, 0.15) is 73.1 Å². The van der Waals surface area contributed by atoms with Gasteiger partial charge >= 0.3 is 0 Å². The first kappa shape index (κ1) is 19.9. The first-order chi connectivity index (χ1) is 9.52. The molecule has 0 aromatic heterocycles. The van der Waals surface area contributed by atoms with Crippen LogP contribution in [0.4, 0.5) is 0 Å². The lowest BCUT2D eigenvalue weighted by Gasteiger charge is -2.32. The predicted molar refractivity (Wildman–Crippen MR) is 89.3 cm³/mol. The maximum Gasteiger partial charge on any atom is 0.0610 e. The number of unbranched alkanes of at least 4 members (excludes halogenated alkanes) is 1. The third kappa shape index (κ3) is 8.23. The largest absolute Gasteiger partial charge is 0.394 e. The van der Waals surface area contributed by atoms with Crippen molar-refractivity contribution >= 4 is 0 Å². The molecule has 122 valence electrons. The zero-order chi connectivity index (χ0) is 15.4. The maximum atomic E-state index is 9.60. The zero-order valence-electron chi connectivity index (χ0n) is 14.5. The van der Waals surface area contributed by atoms with Crippen LogP contribution in [0, 0.1) is 0 Å². The molecule has 2 N–H and O–H groups in total. The highest BCUT2D eigenvalue weighted by Gasteiger charge is 2.22. The summed E-state index contributed by atoms with van der Waals surface area (Å²) in [7, 11) is 0. The molecule has 0 bridgehead atoms. The number of aliphatic hydroxyl groups is 1. The Kier molecular flexibility index (Phi) is 11.5. The van der Waals surface area contributed by atoms with Crippen molar-refractivity contribution in [2.75, 3.05) is 26.2 Å². The summed E-state index contributed by atoms with van der Waals surface area (Å²) in [6, 6.07) is 0.672. The molecule has 0 saturated carbocycles. The normalized spacial score (nSPS) is 16.4. The molecule has 2 unspecified atom stereocenters. The summed E-state index contributed by atoms with van der Waals surface area (Å²) in [4.78, 5) is 2.61. The van der Waals surface area contributed by atoms with Crippen molar-refractivity contribution in [3.63, 3.8) is 0 Å². The highest BCUT2D eigenvalue weighted by Crippen LogP contribution is 2.14. The Morgan fingerprint density at radius 3 is 2.25 bits per heavy atom. The molecule has 2 atom stereocenters. The number of nitrogens with zero attached hydrogens (tertiary/aromatic N) is 1. The fourth-order valence-corrected chi connectivity index (χ4v) is 2.49. The Balaban J connectivity index is 4.18. The molecule has 0 spiro atoms. The van der Waals surface area contributed by atoms with Crippen molar-refractivity contribution < 1.29 is 5.11 Å². The van der Waals surface area contributed by atoms with Gasteiger partial charge in [0.15, 0.2) is 0 Å². The summed E-state index contributed by atoms with van der Waals surface area (Å²) >= 11 is 0. The number of aliphatic hydroxyl groups excluding tert-OH is 1. The van der Waals surface area contributed by atoms with Crippen LogP contribution < -0.4 is 5.32 Å². The van der Waals surface area contributed by atoms with Crippen molar-refractivity contribution in [1.29, 1.82) is 0 Å². The van der Waals surface area contributed by atoms with E-state index < -0.39 is 0 Å². The van der Waals surface area contributed by atoms with E-state index in [-0.39, 0.29) is 12.1 Å². The lowest BCUT2D eigenvalue weighted by Crippen LogP contribution is -2.46. The highest BCUT2D eigenvalue weighted by molar-refractivity contribution is 4.82. The molecule has 0 heterocycles. The Hall–Kier alpha value is -0.120. The van der Waals surface area contributed by atoms with Gasteiger partial charge < -0.3 is 15.3 Å². The molecule has 0 aromatic carbocycles. The van der Waals surface area contributed by atoms with Crippen LogP contribution in [0.3, 0.4) is 0 Å². The molecule has 0 amide bonds. The van der Waals surface area contributed by atoms with Crippen LogP contribution in [-0.4, -0.2) is 47.8 Å². The number of nitrogens with one attached hydrogen (secondary N) is 1. The number of hydrogen-bond acceptors (Lipinski definition) is 3. The fourth-order valence-electron chi connectivity index (χ4n) is 2.49. The number of hydrogen-bond donors (Lipinski definition) is 2. The van der Waals surface area contributed by atoms with E-state index in [1.54, 1.807) is 0 Å². The monoisotopic (exact) mass is 286 g/mol.